The van der Waals surface area contributed by atoms with Crippen molar-refractivity contribution in [3.63, 3.8) is 0 Å². The first-order valence-electron chi connectivity index (χ1n) is 8.85. The Kier molecular flexibility index (Phi) is 5.06. The summed E-state index contributed by atoms with van der Waals surface area (Å²) >= 11 is 5.92. The van der Waals surface area contributed by atoms with Gasteiger partial charge in [-0.1, -0.05) is 17.7 Å². The van der Waals surface area contributed by atoms with Crippen LogP contribution in [-0.2, 0) is 6.54 Å². The molecule has 4 rings (SSSR count). The average Bonchev–Trinajstić information content (AvgIpc) is 3.15. The number of nitro groups is 1. The van der Waals surface area contributed by atoms with Gasteiger partial charge in [-0.3, -0.25) is 19.8 Å². The summed E-state index contributed by atoms with van der Waals surface area (Å²) in [4.78, 5) is 27.0. The van der Waals surface area contributed by atoms with E-state index < -0.39 is 4.92 Å². The molecule has 0 saturated carbocycles. The first-order chi connectivity index (χ1) is 13.5. The van der Waals surface area contributed by atoms with Gasteiger partial charge in [0.2, 0.25) is 6.79 Å². The number of fused-ring (bicyclic) bond motifs is 1. The lowest BCUT2D eigenvalue weighted by Crippen LogP contribution is -2.48. The molecule has 1 fully saturated rings. The number of halogens is 1. The van der Waals surface area contributed by atoms with Crippen LogP contribution < -0.4 is 9.47 Å². The number of hydrogen-bond donors (Lipinski definition) is 0. The monoisotopic (exact) mass is 403 g/mol. The number of carbonyl (C=O) groups excluding carboxylic acids is 1. The molecule has 2 aromatic carbocycles. The Bertz CT molecular complexity index is 928. The zero-order chi connectivity index (χ0) is 19.7. The fraction of sp³-hybridized carbons (Fsp3) is 0.316. The van der Waals surface area contributed by atoms with E-state index in [0.717, 1.165) is 36.7 Å². The second kappa shape index (κ2) is 7.65. The summed E-state index contributed by atoms with van der Waals surface area (Å²) in [6.45, 7) is 3.66. The zero-order valence-corrected chi connectivity index (χ0v) is 15.7. The lowest BCUT2D eigenvalue weighted by Gasteiger charge is -2.34. The molecule has 0 aromatic heterocycles. The fourth-order valence-corrected chi connectivity index (χ4v) is 3.63. The van der Waals surface area contributed by atoms with Crippen LogP contribution in [0.1, 0.15) is 15.9 Å². The minimum atomic E-state index is -0.564. The van der Waals surface area contributed by atoms with Crippen molar-refractivity contribution in [2.24, 2.45) is 0 Å². The molecule has 0 bridgehead atoms. The largest absolute Gasteiger partial charge is 0.454 e. The molecule has 2 aliphatic rings. The van der Waals surface area contributed by atoms with Gasteiger partial charge in [-0.25, -0.2) is 0 Å². The number of rotatable bonds is 4. The highest BCUT2D eigenvalue weighted by atomic mass is 35.5. The molecule has 2 heterocycles. The van der Waals surface area contributed by atoms with Gasteiger partial charge in [-0.2, -0.15) is 0 Å². The molecule has 0 N–H and O–H groups in total. The van der Waals surface area contributed by atoms with Gasteiger partial charge < -0.3 is 14.4 Å². The first-order valence-corrected chi connectivity index (χ1v) is 9.23. The molecular formula is C19H18ClN3O5. The van der Waals surface area contributed by atoms with Crippen LogP contribution in [0.5, 0.6) is 11.5 Å². The van der Waals surface area contributed by atoms with E-state index in [4.69, 9.17) is 21.1 Å². The third-order valence-electron chi connectivity index (χ3n) is 4.89. The van der Waals surface area contributed by atoms with Crippen LogP contribution in [0.2, 0.25) is 5.02 Å². The maximum absolute atomic E-state index is 12.7. The Morgan fingerprint density at radius 2 is 1.82 bits per heavy atom. The highest BCUT2D eigenvalue weighted by Crippen LogP contribution is 2.33. The number of carbonyl (C=O) groups is 1. The van der Waals surface area contributed by atoms with Gasteiger partial charge in [0, 0.05) is 44.4 Å². The van der Waals surface area contributed by atoms with Crippen LogP contribution >= 0.6 is 11.6 Å². The molecule has 0 aliphatic carbocycles. The predicted octanol–water partition coefficient (Wildman–Crippen LogP) is 2.93. The normalized spacial score (nSPS) is 16.2. The van der Waals surface area contributed by atoms with Gasteiger partial charge >= 0.3 is 0 Å². The number of piperazine rings is 1. The number of ether oxygens (including phenoxy) is 2. The van der Waals surface area contributed by atoms with E-state index in [-0.39, 0.29) is 23.4 Å². The van der Waals surface area contributed by atoms with Crippen molar-refractivity contribution in [1.82, 2.24) is 9.80 Å². The summed E-state index contributed by atoms with van der Waals surface area (Å²) in [6, 6.07) is 10.00. The van der Waals surface area contributed by atoms with Gasteiger partial charge in [0.25, 0.3) is 11.6 Å². The smallest absolute Gasteiger partial charge is 0.287 e. The van der Waals surface area contributed by atoms with Crippen LogP contribution in [0.25, 0.3) is 0 Å². The van der Waals surface area contributed by atoms with Crippen molar-refractivity contribution in [3.8, 4) is 11.5 Å². The van der Waals surface area contributed by atoms with E-state index in [1.54, 1.807) is 4.90 Å². The highest BCUT2D eigenvalue weighted by molar-refractivity contribution is 6.33. The minimum absolute atomic E-state index is 0.0303. The summed E-state index contributed by atoms with van der Waals surface area (Å²) in [5.41, 5.74) is 1.29. The van der Waals surface area contributed by atoms with Crippen LogP contribution in [0.15, 0.2) is 36.4 Å². The Morgan fingerprint density at radius 3 is 2.54 bits per heavy atom. The van der Waals surface area contributed by atoms with Gasteiger partial charge in [0.1, 0.15) is 5.02 Å². The third kappa shape index (κ3) is 3.74. The quantitative estimate of drug-likeness (QED) is 0.576. The van der Waals surface area contributed by atoms with E-state index >= 15 is 0 Å². The number of nitrogens with zero attached hydrogens (tertiary/aromatic N) is 3. The molecule has 0 radical (unpaired) electrons. The Morgan fingerprint density at radius 1 is 1.07 bits per heavy atom. The second-order valence-corrected chi connectivity index (χ2v) is 7.09. The Hall–Kier alpha value is -2.84. The molecule has 9 heteroatoms. The first kappa shape index (κ1) is 18.5. The van der Waals surface area contributed by atoms with Gasteiger partial charge in [-0.15, -0.1) is 0 Å². The van der Waals surface area contributed by atoms with E-state index in [0.29, 0.717) is 18.7 Å². The van der Waals surface area contributed by atoms with Gasteiger partial charge in [0.05, 0.1) is 4.92 Å². The van der Waals surface area contributed by atoms with Gasteiger partial charge in [0.15, 0.2) is 11.5 Å². The molecule has 2 aliphatic heterocycles. The maximum atomic E-state index is 12.7. The van der Waals surface area contributed by atoms with Crippen molar-refractivity contribution >= 4 is 23.2 Å². The topological polar surface area (TPSA) is 85.2 Å². The second-order valence-electron chi connectivity index (χ2n) is 6.68. The summed E-state index contributed by atoms with van der Waals surface area (Å²) in [6.07, 6.45) is 0. The average molecular weight is 404 g/mol. The maximum Gasteiger partial charge on any atom is 0.287 e. The molecule has 0 spiro atoms. The predicted molar refractivity (Wildman–Crippen MR) is 102 cm³/mol. The van der Waals surface area contributed by atoms with E-state index in [1.807, 2.05) is 18.2 Å². The van der Waals surface area contributed by atoms with Crippen molar-refractivity contribution in [2.45, 2.75) is 6.54 Å². The number of benzene rings is 2. The van der Waals surface area contributed by atoms with Crippen molar-refractivity contribution in [3.05, 3.63) is 62.7 Å². The molecule has 2 aromatic rings. The van der Waals surface area contributed by atoms with E-state index in [9.17, 15) is 14.9 Å². The molecule has 1 saturated heterocycles. The SMILES string of the molecule is O=C(c1ccc([N+](=O)[O-])c(Cl)c1)N1CCN(Cc2ccc3c(c2)OCO3)CC1. The fourth-order valence-electron chi connectivity index (χ4n) is 3.38. The highest BCUT2D eigenvalue weighted by Gasteiger charge is 2.24. The third-order valence-corrected chi connectivity index (χ3v) is 5.20. The summed E-state index contributed by atoms with van der Waals surface area (Å²) < 4.78 is 10.7. The molecular weight excluding hydrogens is 386 g/mol. The summed E-state index contributed by atoms with van der Waals surface area (Å²) in [5, 5.41) is 10.8. The molecule has 1 amide bonds. The van der Waals surface area contributed by atoms with E-state index in [2.05, 4.69) is 4.90 Å². The Balaban J connectivity index is 1.35. The van der Waals surface area contributed by atoms with Crippen LogP contribution in [0.3, 0.4) is 0 Å². The lowest BCUT2D eigenvalue weighted by atomic mass is 10.1. The number of amides is 1. The molecule has 28 heavy (non-hydrogen) atoms. The molecule has 8 nitrogen and oxygen atoms in total. The van der Waals surface area contributed by atoms with Crippen LogP contribution in [-0.4, -0.2) is 53.6 Å². The zero-order valence-electron chi connectivity index (χ0n) is 15.0. The summed E-state index contributed by atoms with van der Waals surface area (Å²) in [5.74, 6) is 1.36. The standard InChI is InChI=1S/C19H18ClN3O5/c20-15-10-14(2-3-16(15)23(25)26)19(24)22-7-5-21(6-8-22)11-13-1-4-17-18(9-13)28-12-27-17/h1-4,9-10H,5-8,11-12H2. The van der Waals surface area contributed by atoms with Crippen molar-refractivity contribution in [1.29, 1.82) is 0 Å². The minimum Gasteiger partial charge on any atom is -0.454 e. The molecule has 146 valence electrons. The van der Waals surface area contributed by atoms with Crippen molar-refractivity contribution in [2.75, 3.05) is 33.0 Å². The van der Waals surface area contributed by atoms with E-state index in [1.165, 1.54) is 18.2 Å². The molecule has 0 unspecified atom stereocenters. The molecule has 0 atom stereocenters. The van der Waals surface area contributed by atoms with Crippen molar-refractivity contribution < 1.29 is 19.2 Å². The Labute approximate surface area is 166 Å². The lowest BCUT2D eigenvalue weighted by molar-refractivity contribution is -0.384. The number of nitro benzene ring substituents is 1. The van der Waals surface area contributed by atoms with Crippen LogP contribution in [0.4, 0.5) is 5.69 Å². The summed E-state index contributed by atoms with van der Waals surface area (Å²) in [7, 11) is 0. The number of hydrogen-bond acceptors (Lipinski definition) is 6. The van der Waals surface area contributed by atoms with Gasteiger partial charge in [-0.05, 0) is 29.8 Å². The van der Waals surface area contributed by atoms with Crippen LogP contribution in [0, 0.1) is 10.1 Å².